The summed E-state index contributed by atoms with van der Waals surface area (Å²) in [4.78, 5) is 23.3. The fourth-order valence-corrected chi connectivity index (χ4v) is 3.55. The minimum atomic E-state index is -0.935. The van der Waals surface area contributed by atoms with Gasteiger partial charge in [-0.1, -0.05) is 50.1 Å². The maximum absolute atomic E-state index is 12.2. The van der Waals surface area contributed by atoms with E-state index in [1.165, 1.54) is 7.11 Å². The standard InChI is InChI=1S/C23H36O5/c1-4-6-15-23(27,5-2)16-11-13-19-18(20(24)17-21(19)25)12-9-7-8-10-14-22(26)28-3/h5,7,9,11,13,18-19,21,25,27H,2,4,6,8,10,12,14-17H2,1,3H3/b9-7+,13-11+/t18-,19-,21?,23?/m1/s1. The van der Waals surface area contributed by atoms with Gasteiger partial charge in [0.1, 0.15) is 5.78 Å². The first-order chi connectivity index (χ1) is 13.4. The van der Waals surface area contributed by atoms with Crippen LogP contribution in [0.1, 0.15) is 64.7 Å². The molecular formula is C23H36O5. The molecule has 5 heteroatoms. The van der Waals surface area contributed by atoms with Gasteiger partial charge >= 0.3 is 5.97 Å². The molecule has 0 heterocycles. The first-order valence-corrected chi connectivity index (χ1v) is 10.3. The molecule has 1 rings (SSSR count). The first kappa shape index (κ1) is 24.3. The number of carbonyl (C=O) groups is 2. The fraction of sp³-hybridized carbons (Fsp3) is 0.652. The number of ketones is 1. The molecule has 28 heavy (non-hydrogen) atoms. The van der Waals surface area contributed by atoms with E-state index in [0.717, 1.165) is 19.3 Å². The highest BCUT2D eigenvalue weighted by atomic mass is 16.5. The zero-order chi connectivity index (χ0) is 21.0. The average Bonchev–Trinajstić information content (AvgIpc) is 2.95. The molecule has 0 aromatic heterocycles. The van der Waals surface area contributed by atoms with Crippen LogP contribution in [0.15, 0.2) is 37.0 Å². The Morgan fingerprint density at radius 2 is 2.07 bits per heavy atom. The zero-order valence-electron chi connectivity index (χ0n) is 17.3. The minimum Gasteiger partial charge on any atom is -0.469 e. The summed E-state index contributed by atoms with van der Waals surface area (Å²) in [5.41, 5.74) is -0.935. The van der Waals surface area contributed by atoms with Crippen molar-refractivity contribution < 1.29 is 24.5 Å². The number of rotatable bonds is 13. The molecular weight excluding hydrogens is 356 g/mol. The number of allylic oxidation sites excluding steroid dienone is 2. The maximum atomic E-state index is 12.2. The van der Waals surface area contributed by atoms with Crippen molar-refractivity contribution in [3.63, 3.8) is 0 Å². The van der Waals surface area contributed by atoms with Gasteiger partial charge in [-0.05, 0) is 32.1 Å². The molecule has 5 nitrogen and oxygen atoms in total. The number of Topliss-reactive ketones (excluding diaryl/α,β-unsaturated/α-hetero) is 1. The van der Waals surface area contributed by atoms with Gasteiger partial charge < -0.3 is 14.9 Å². The van der Waals surface area contributed by atoms with Crippen LogP contribution in [-0.4, -0.2) is 40.8 Å². The summed E-state index contributed by atoms with van der Waals surface area (Å²) in [6, 6.07) is 0. The summed E-state index contributed by atoms with van der Waals surface area (Å²) in [7, 11) is 1.38. The molecule has 4 atom stereocenters. The Balaban J connectivity index is 2.57. The lowest BCUT2D eigenvalue weighted by atomic mass is 9.88. The molecule has 0 aromatic rings. The first-order valence-electron chi connectivity index (χ1n) is 10.3. The predicted octanol–water partition coefficient (Wildman–Crippen LogP) is 3.90. The summed E-state index contributed by atoms with van der Waals surface area (Å²) in [5, 5.41) is 20.8. The Hall–Kier alpha value is -1.72. The summed E-state index contributed by atoms with van der Waals surface area (Å²) in [6.07, 6.45) is 14.2. The molecule has 1 saturated carbocycles. The molecule has 1 aliphatic rings. The molecule has 0 saturated heterocycles. The van der Waals surface area contributed by atoms with E-state index in [-0.39, 0.29) is 30.0 Å². The number of hydrogen-bond acceptors (Lipinski definition) is 5. The molecule has 0 aliphatic heterocycles. The Labute approximate surface area is 169 Å². The van der Waals surface area contributed by atoms with Crippen LogP contribution in [0.25, 0.3) is 0 Å². The summed E-state index contributed by atoms with van der Waals surface area (Å²) >= 11 is 0. The second kappa shape index (κ2) is 12.7. The third-order valence-electron chi connectivity index (χ3n) is 5.44. The second-order valence-electron chi connectivity index (χ2n) is 7.64. The highest BCUT2D eigenvalue weighted by Gasteiger charge is 2.39. The van der Waals surface area contributed by atoms with Crippen molar-refractivity contribution in [2.45, 2.75) is 76.4 Å². The average molecular weight is 393 g/mol. The quantitative estimate of drug-likeness (QED) is 0.282. The molecule has 1 aliphatic carbocycles. The smallest absolute Gasteiger partial charge is 0.305 e. The van der Waals surface area contributed by atoms with E-state index in [0.29, 0.717) is 32.1 Å². The van der Waals surface area contributed by atoms with E-state index in [1.54, 1.807) is 6.08 Å². The number of aliphatic hydroxyl groups is 2. The topological polar surface area (TPSA) is 83.8 Å². The van der Waals surface area contributed by atoms with Gasteiger partial charge in [0, 0.05) is 24.7 Å². The SMILES string of the molecule is C=CC(O)(C/C=C/[C@H]1C(O)CC(=O)[C@@H]1C/C=C/CCCC(=O)OC)CCCC. The Kier molecular flexibility index (Phi) is 11.0. The Bertz CT molecular complexity index is 565. The third kappa shape index (κ3) is 8.11. The van der Waals surface area contributed by atoms with Crippen molar-refractivity contribution >= 4 is 11.8 Å². The number of esters is 1. The molecule has 0 spiro atoms. The van der Waals surface area contributed by atoms with Crippen LogP contribution < -0.4 is 0 Å². The lowest BCUT2D eigenvalue weighted by molar-refractivity contribution is -0.140. The summed E-state index contributed by atoms with van der Waals surface area (Å²) in [5.74, 6) is -0.611. The molecule has 1 fully saturated rings. The fourth-order valence-electron chi connectivity index (χ4n) is 3.55. The van der Waals surface area contributed by atoms with Gasteiger partial charge in [-0.15, -0.1) is 6.58 Å². The summed E-state index contributed by atoms with van der Waals surface area (Å²) < 4.78 is 4.60. The van der Waals surface area contributed by atoms with E-state index in [9.17, 15) is 19.8 Å². The minimum absolute atomic E-state index is 0.0753. The van der Waals surface area contributed by atoms with Gasteiger partial charge in [0.2, 0.25) is 0 Å². The zero-order valence-corrected chi connectivity index (χ0v) is 17.3. The number of aliphatic hydroxyl groups excluding tert-OH is 1. The lowest BCUT2D eigenvalue weighted by Crippen LogP contribution is -2.25. The molecule has 0 amide bonds. The van der Waals surface area contributed by atoms with Crippen LogP contribution in [0.2, 0.25) is 0 Å². The number of hydrogen-bond donors (Lipinski definition) is 2. The summed E-state index contributed by atoms with van der Waals surface area (Å²) in [6.45, 7) is 5.81. The molecule has 2 N–H and O–H groups in total. The maximum Gasteiger partial charge on any atom is 0.305 e. The van der Waals surface area contributed by atoms with Crippen LogP contribution in [0.4, 0.5) is 0 Å². The number of methoxy groups -OCH3 is 1. The van der Waals surface area contributed by atoms with Gasteiger partial charge in [-0.25, -0.2) is 0 Å². The van der Waals surface area contributed by atoms with Gasteiger partial charge in [0.25, 0.3) is 0 Å². The molecule has 2 unspecified atom stereocenters. The van der Waals surface area contributed by atoms with Crippen LogP contribution >= 0.6 is 0 Å². The van der Waals surface area contributed by atoms with Crippen LogP contribution in [0.5, 0.6) is 0 Å². The molecule has 0 bridgehead atoms. The van der Waals surface area contributed by atoms with Crippen molar-refractivity contribution in [2.75, 3.05) is 7.11 Å². The van der Waals surface area contributed by atoms with E-state index < -0.39 is 11.7 Å². The van der Waals surface area contributed by atoms with Crippen molar-refractivity contribution in [1.29, 1.82) is 0 Å². The van der Waals surface area contributed by atoms with Gasteiger partial charge in [-0.2, -0.15) is 0 Å². The number of unbranched alkanes of at least 4 members (excludes halogenated alkanes) is 2. The van der Waals surface area contributed by atoms with Crippen LogP contribution in [-0.2, 0) is 14.3 Å². The van der Waals surface area contributed by atoms with Gasteiger partial charge in [0.05, 0.1) is 18.8 Å². The highest BCUT2D eigenvalue weighted by Crippen LogP contribution is 2.34. The van der Waals surface area contributed by atoms with E-state index in [1.807, 2.05) is 24.3 Å². The third-order valence-corrected chi connectivity index (χ3v) is 5.44. The number of ether oxygens (including phenoxy) is 1. The van der Waals surface area contributed by atoms with E-state index in [4.69, 9.17) is 0 Å². The van der Waals surface area contributed by atoms with Crippen molar-refractivity contribution in [3.8, 4) is 0 Å². The number of carbonyl (C=O) groups excluding carboxylic acids is 2. The Morgan fingerprint density at radius 3 is 2.71 bits per heavy atom. The van der Waals surface area contributed by atoms with Crippen molar-refractivity contribution in [3.05, 3.63) is 37.0 Å². The molecule has 158 valence electrons. The van der Waals surface area contributed by atoms with Gasteiger partial charge in [-0.3, -0.25) is 9.59 Å². The normalized spacial score (nSPS) is 24.7. The monoisotopic (exact) mass is 392 g/mol. The van der Waals surface area contributed by atoms with E-state index in [2.05, 4.69) is 18.2 Å². The van der Waals surface area contributed by atoms with Crippen molar-refractivity contribution in [2.24, 2.45) is 11.8 Å². The van der Waals surface area contributed by atoms with Crippen LogP contribution in [0.3, 0.4) is 0 Å². The second-order valence-corrected chi connectivity index (χ2v) is 7.64. The molecule has 0 aromatic carbocycles. The Morgan fingerprint density at radius 1 is 1.32 bits per heavy atom. The largest absolute Gasteiger partial charge is 0.469 e. The van der Waals surface area contributed by atoms with Gasteiger partial charge in [0.15, 0.2) is 0 Å². The molecule has 0 radical (unpaired) electrons. The highest BCUT2D eigenvalue weighted by molar-refractivity contribution is 5.84. The van der Waals surface area contributed by atoms with E-state index >= 15 is 0 Å². The van der Waals surface area contributed by atoms with Crippen LogP contribution in [0, 0.1) is 11.8 Å². The lowest BCUT2D eigenvalue weighted by Gasteiger charge is -2.23. The predicted molar refractivity (Wildman–Crippen MR) is 111 cm³/mol. The van der Waals surface area contributed by atoms with Crippen molar-refractivity contribution in [1.82, 2.24) is 0 Å².